The molecule has 0 saturated carbocycles. The Morgan fingerprint density at radius 3 is 2.44 bits per heavy atom. The smallest absolute Gasteiger partial charge is 0.258 e. The van der Waals surface area contributed by atoms with Crippen LogP contribution in [0.1, 0.15) is 26.0 Å². The van der Waals surface area contributed by atoms with Gasteiger partial charge in [-0.25, -0.2) is 8.96 Å². The van der Waals surface area contributed by atoms with Crippen LogP contribution < -0.4 is 10.1 Å². The van der Waals surface area contributed by atoms with Crippen LogP contribution in [0.15, 0.2) is 84.0 Å². The molecule has 0 bridgehead atoms. The molecule has 170 valence electrons. The van der Waals surface area contributed by atoms with E-state index in [0.717, 1.165) is 0 Å². The Balaban J connectivity index is 1.58. The second-order valence-corrected chi connectivity index (χ2v) is 8.70. The second-order valence-electron chi connectivity index (χ2n) is 7.59. The van der Waals surface area contributed by atoms with Crippen LogP contribution >= 0.6 is 11.8 Å². The Morgan fingerprint density at radius 2 is 1.71 bits per heavy atom. The first-order valence-electron chi connectivity index (χ1n) is 10.5. The molecule has 1 N–H and O–H groups in total. The molecule has 1 aliphatic heterocycles. The van der Waals surface area contributed by atoms with Crippen molar-refractivity contribution >= 4 is 23.6 Å². The zero-order chi connectivity index (χ0) is 23.7. The maximum absolute atomic E-state index is 13.8. The molecule has 0 radical (unpaired) electrons. The van der Waals surface area contributed by atoms with Crippen molar-refractivity contribution in [1.82, 2.24) is 20.1 Å². The van der Waals surface area contributed by atoms with E-state index in [0.29, 0.717) is 33.4 Å². The lowest BCUT2D eigenvalue weighted by molar-refractivity contribution is 0.0789. The molecular formula is C25H19FN4O3S. The first kappa shape index (κ1) is 21.8. The number of rotatable bonds is 5. The van der Waals surface area contributed by atoms with Crippen LogP contribution in [0.4, 0.5) is 4.39 Å². The highest BCUT2D eigenvalue weighted by molar-refractivity contribution is 7.99. The third-order valence-electron chi connectivity index (χ3n) is 5.52. The minimum absolute atomic E-state index is 0.321. The summed E-state index contributed by atoms with van der Waals surface area (Å²) in [6.07, 6.45) is 0. The van der Waals surface area contributed by atoms with Crippen molar-refractivity contribution in [3.05, 3.63) is 95.8 Å². The lowest BCUT2D eigenvalue weighted by Crippen LogP contribution is -2.48. The second kappa shape index (κ2) is 9.11. The van der Waals surface area contributed by atoms with Crippen molar-refractivity contribution < 1.29 is 18.7 Å². The van der Waals surface area contributed by atoms with Gasteiger partial charge in [-0.05, 0) is 42.0 Å². The van der Waals surface area contributed by atoms with Crippen LogP contribution in [0, 0.1) is 5.82 Å². The molecule has 2 atom stereocenters. The van der Waals surface area contributed by atoms with Gasteiger partial charge < -0.3 is 10.1 Å². The lowest BCUT2D eigenvalue weighted by atomic mass is 10.0. The number of amides is 1. The molecule has 3 aromatic carbocycles. The molecule has 34 heavy (non-hydrogen) atoms. The monoisotopic (exact) mass is 474 g/mol. The fourth-order valence-corrected chi connectivity index (χ4v) is 5.07. The number of benzene rings is 3. The molecule has 5 rings (SSSR count). The molecule has 2 unspecified atom stereocenters. The number of ether oxygens (including phenoxy) is 1. The third-order valence-corrected chi connectivity index (χ3v) is 6.80. The molecule has 2 heterocycles. The van der Waals surface area contributed by atoms with Crippen molar-refractivity contribution in [3.8, 4) is 17.1 Å². The summed E-state index contributed by atoms with van der Waals surface area (Å²) in [5, 5.41) is 11.2. The van der Waals surface area contributed by atoms with Crippen molar-refractivity contribution in [2.45, 2.75) is 16.4 Å². The van der Waals surface area contributed by atoms with E-state index < -0.39 is 17.2 Å². The van der Waals surface area contributed by atoms with Crippen LogP contribution in [0.2, 0.25) is 0 Å². The van der Waals surface area contributed by atoms with Gasteiger partial charge in [-0.3, -0.25) is 9.59 Å². The molecule has 1 aromatic heterocycles. The van der Waals surface area contributed by atoms with Gasteiger partial charge in [0.05, 0.1) is 17.9 Å². The molecule has 0 saturated heterocycles. The average Bonchev–Trinajstić information content (AvgIpc) is 3.30. The highest BCUT2D eigenvalue weighted by atomic mass is 32.2. The Bertz CT molecular complexity index is 1360. The summed E-state index contributed by atoms with van der Waals surface area (Å²) in [5.74, 6) is -0.301. The number of hydrogen-bond acceptors (Lipinski definition) is 6. The molecule has 1 amide bonds. The predicted molar refractivity (Wildman–Crippen MR) is 125 cm³/mol. The molecule has 7 nitrogen and oxygen atoms in total. The fourth-order valence-electron chi connectivity index (χ4n) is 3.86. The number of para-hydroxylation sites is 1. The number of fused-ring (bicyclic) bond motifs is 1. The summed E-state index contributed by atoms with van der Waals surface area (Å²) in [7, 11) is 1.54. The van der Waals surface area contributed by atoms with Gasteiger partial charge in [0, 0.05) is 5.56 Å². The maximum Gasteiger partial charge on any atom is 0.258 e. The Labute approximate surface area is 199 Å². The molecule has 0 spiro atoms. The summed E-state index contributed by atoms with van der Waals surface area (Å²) in [5.41, 5.74) is 1.72. The van der Waals surface area contributed by atoms with E-state index in [1.54, 1.807) is 48.5 Å². The van der Waals surface area contributed by atoms with Crippen LogP contribution in [-0.4, -0.2) is 39.7 Å². The van der Waals surface area contributed by atoms with Crippen molar-refractivity contribution in [2.24, 2.45) is 0 Å². The van der Waals surface area contributed by atoms with E-state index in [1.165, 1.54) is 35.6 Å². The van der Waals surface area contributed by atoms with Crippen LogP contribution in [0.3, 0.4) is 0 Å². The summed E-state index contributed by atoms with van der Waals surface area (Å²) in [6.45, 7) is 0. The van der Waals surface area contributed by atoms with E-state index in [2.05, 4.69) is 15.5 Å². The quantitative estimate of drug-likeness (QED) is 0.462. The summed E-state index contributed by atoms with van der Waals surface area (Å²) >= 11 is 1.28. The van der Waals surface area contributed by atoms with Gasteiger partial charge in [0.25, 0.3) is 11.8 Å². The van der Waals surface area contributed by atoms with E-state index in [9.17, 15) is 14.0 Å². The largest absolute Gasteiger partial charge is 0.496 e. The molecule has 4 aromatic rings. The number of carbonyl (C=O) groups excluding carboxylic acids is 2. The Morgan fingerprint density at radius 1 is 1.00 bits per heavy atom. The summed E-state index contributed by atoms with van der Waals surface area (Å²) in [6, 6.07) is 20.8. The van der Waals surface area contributed by atoms with Crippen molar-refractivity contribution in [2.75, 3.05) is 7.11 Å². The zero-order valence-electron chi connectivity index (χ0n) is 18.0. The summed E-state index contributed by atoms with van der Waals surface area (Å²) in [4.78, 5) is 26.8. The average molecular weight is 475 g/mol. The topological polar surface area (TPSA) is 86.1 Å². The highest BCUT2D eigenvalue weighted by Crippen LogP contribution is 2.43. The Kier molecular flexibility index (Phi) is 5.85. The van der Waals surface area contributed by atoms with Gasteiger partial charge in [-0.15, -0.1) is 10.2 Å². The van der Waals surface area contributed by atoms with E-state index >= 15 is 0 Å². The number of carbonyl (C=O) groups is 2. The van der Waals surface area contributed by atoms with Crippen molar-refractivity contribution in [3.63, 3.8) is 0 Å². The van der Waals surface area contributed by atoms with Gasteiger partial charge in [0.15, 0.2) is 11.0 Å². The third kappa shape index (κ3) is 3.94. The predicted octanol–water partition coefficient (Wildman–Crippen LogP) is 4.38. The lowest BCUT2D eigenvalue weighted by Gasteiger charge is -2.31. The first-order chi connectivity index (χ1) is 16.6. The molecule has 1 aliphatic rings. The maximum atomic E-state index is 13.8. The number of methoxy groups -OCH3 is 1. The van der Waals surface area contributed by atoms with Gasteiger partial charge in [-0.1, -0.05) is 54.2 Å². The standard InChI is InChI=1S/C25H19FN4O3S/c1-33-19-10-6-5-9-18(19)22-28-29-25-30(22)24(32)20(27-23(31)16-7-3-2-4-8-16)21(34-25)15-11-13-17(26)14-12-15/h2-14,20-21H,1H3,(H,27,31). The molecule has 9 heteroatoms. The normalized spacial score (nSPS) is 17.2. The SMILES string of the molecule is COc1ccccc1-c1nnc2n1C(=O)C(NC(=O)c1ccccc1)C(c1ccc(F)cc1)S2. The number of aromatic nitrogens is 3. The van der Waals surface area contributed by atoms with E-state index in [-0.39, 0.29) is 11.7 Å². The number of thioether (sulfide) groups is 1. The number of nitrogens with zero attached hydrogens (tertiary/aromatic N) is 3. The minimum atomic E-state index is -0.944. The fraction of sp³-hybridized carbons (Fsp3) is 0.120. The Hall–Kier alpha value is -3.98. The van der Waals surface area contributed by atoms with Crippen molar-refractivity contribution in [1.29, 1.82) is 0 Å². The zero-order valence-corrected chi connectivity index (χ0v) is 18.8. The van der Waals surface area contributed by atoms with E-state index in [1.807, 2.05) is 18.2 Å². The highest BCUT2D eigenvalue weighted by Gasteiger charge is 2.41. The van der Waals surface area contributed by atoms with Gasteiger partial charge >= 0.3 is 0 Å². The first-order valence-corrected chi connectivity index (χ1v) is 11.4. The van der Waals surface area contributed by atoms with Crippen LogP contribution in [0.25, 0.3) is 11.4 Å². The van der Waals surface area contributed by atoms with Crippen LogP contribution in [0.5, 0.6) is 5.75 Å². The van der Waals surface area contributed by atoms with Gasteiger partial charge in [-0.2, -0.15) is 0 Å². The molecule has 0 fully saturated rings. The minimum Gasteiger partial charge on any atom is -0.496 e. The number of hydrogen-bond donors (Lipinski definition) is 1. The number of nitrogens with one attached hydrogen (secondary N) is 1. The number of halogens is 1. The molecule has 0 aliphatic carbocycles. The van der Waals surface area contributed by atoms with Gasteiger partial charge in [0.1, 0.15) is 17.6 Å². The van der Waals surface area contributed by atoms with Crippen LogP contribution in [-0.2, 0) is 0 Å². The van der Waals surface area contributed by atoms with Gasteiger partial charge in [0.2, 0.25) is 0 Å². The van der Waals surface area contributed by atoms with E-state index in [4.69, 9.17) is 4.74 Å². The molecular weight excluding hydrogens is 455 g/mol. The summed E-state index contributed by atoms with van der Waals surface area (Å²) < 4.78 is 20.4.